The molecule has 1 heterocycles. The predicted octanol–water partition coefficient (Wildman–Crippen LogP) is 1.59. The molecule has 0 radical (unpaired) electrons. The van der Waals surface area contributed by atoms with Gasteiger partial charge in [-0.25, -0.2) is 0 Å². The standard InChI is InChI=1S/C11H12N2O5S/c1-19(16,17)18-5-3-8-6-9(13(14)15)7-11-10(8)2-4-12-11/h2,4,6-7,12H,3,5H2,1H3. The normalized spacial score (nSPS) is 11.8. The Morgan fingerprint density at radius 2 is 2.16 bits per heavy atom. The zero-order chi connectivity index (χ0) is 14.0. The van der Waals surface area contributed by atoms with E-state index in [2.05, 4.69) is 9.17 Å². The highest BCUT2D eigenvalue weighted by Crippen LogP contribution is 2.25. The fourth-order valence-corrected chi connectivity index (χ4v) is 2.23. The number of rotatable bonds is 5. The third-order valence-electron chi connectivity index (χ3n) is 2.62. The van der Waals surface area contributed by atoms with Crippen LogP contribution in [0.3, 0.4) is 0 Å². The fraction of sp³-hybridized carbons (Fsp3) is 0.273. The Morgan fingerprint density at radius 3 is 2.79 bits per heavy atom. The van der Waals surface area contributed by atoms with Crippen LogP contribution < -0.4 is 0 Å². The number of aromatic nitrogens is 1. The largest absolute Gasteiger partial charge is 0.361 e. The van der Waals surface area contributed by atoms with E-state index >= 15 is 0 Å². The summed E-state index contributed by atoms with van der Waals surface area (Å²) in [7, 11) is -3.50. The number of nitrogens with zero attached hydrogens (tertiary/aromatic N) is 1. The van der Waals surface area contributed by atoms with Crippen LogP contribution in [-0.2, 0) is 20.7 Å². The third-order valence-corrected chi connectivity index (χ3v) is 3.21. The van der Waals surface area contributed by atoms with Crippen molar-refractivity contribution in [2.45, 2.75) is 6.42 Å². The number of nitrogens with one attached hydrogen (secondary N) is 1. The number of nitro benzene ring substituents is 1. The molecule has 2 aromatic rings. The van der Waals surface area contributed by atoms with Crippen LogP contribution in [0.2, 0.25) is 0 Å². The van der Waals surface area contributed by atoms with E-state index < -0.39 is 15.0 Å². The van der Waals surface area contributed by atoms with Gasteiger partial charge in [-0.05, 0) is 18.1 Å². The summed E-state index contributed by atoms with van der Waals surface area (Å²) in [5.74, 6) is 0. The Bertz CT molecular complexity index is 720. The third kappa shape index (κ3) is 3.30. The smallest absolute Gasteiger partial charge is 0.271 e. The molecule has 1 N–H and O–H groups in total. The molecular weight excluding hydrogens is 272 g/mol. The minimum absolute atomic E-state index is 0.0377. The topological polar surface area (TPSA) is 102 Å². The maximum Gasteiger partial charge on any atom is 0.271 e. The summed E-state index contributed by atoms with van der Waals surface area (Å²) in [5.41, 5.74) is 1.28. The summed E-state index contributed by atoms with van der Waals surface area (Å²) >= 11 is 0. The minimum Gasteiger partial charge on any atom is -0.361 e. The molecule has 2 rings (SSSR count). The second-order valence-corrected chi connectivity index (χ2v) is 5.72. The molecule has 0 aliphatic rings. The van der Waals surface area contributed by atoms with Crippen molar-refractivity contribution in [3.8, 4) is 0 Å². The molecule has 1 aromatic heterocycles. The number of hydrogen-bond donors (Lipinski definition) is 1. The van der Waals surface area contributed by atoms with E-state index in [1.165, 1.54) is 12.1 Å². The van der Waals surface area contributed by atoms with Crippen molar-refractivity contribution in [3.63, 3.8) is 0 Å². The summed E-state index contributed by atoms with van der Waals surface area (Å²) in [6.45, 7) is -0.0414. The first-order chi connectivity index (χ1) is 8.87. The molecule has 0 saturated carbocycles. The molecular formula is C11H12N2O5S. The predicted molar refractivity (Wildman–Crippen MR) is 69.5 cm³/mol. The van der Waals surface area contributed by atoms with Gasteiger partial charge in [0.15, 0.2) is 0 Å². The SMILES string of the molecule is CS(=O)(=O)OCCc1cc([N+](=O)[O-])cc2[nH]ccc12. The second kappa shape index (κ2) is 4.98. The van der Waals surface area contributed by atoms with E-state index in [1.807, 2.05) is 0 Å². The van der Waals surface area contributed by atoms with E-state index in [-0.39, 0.29) is 18.7 Å². The van der Waals surface area contributed by atoms with Crippen molar-refractivity contribution in [2.24, 2.45) is 0 Å². The van der Waals surface area contributed by atoms with Crippen LogP contribution in [0.4, 0.5) is 5.69 Å². The van der Waals surface area contributed by atoms with Crippen molar-refractivity contribution in [3.05, 3.63) is 40.1 Å². The Labute approximate surface area is 109 Å². The number of nitro groups is 1. The lowest BCUT2D eigenvalue weighted by atomic mass is 10.1. The van der Waals surface area contributed by atoms with Gasteiger partial charge < -0.3 is 4.98 Å². The Kier molecular flexibility index (Phi) is 3.54. The van der Waals surface area contributed by atoms with Crippen LogP contribution in [0.15, 0.2) is 24.4 Å². The van der Waals surface area contributed by atoms with Gasteiger partial charge in [-0.15, -0.1) is 0 Å². The van der Waals surface area contributed by atoms with E-state index in [4.69, 9.17) is 0 Å². The molecule has 8 heteroatoms. The van der Waals surface area contributed by atoms with Crippen molar-refractivity contribution >= 4 is 26.7 Å². The van der Waals surface area contributed by atoms with Gasteiger partial charge in [0.25, 0.3) is 15.8 Å². The van der Waals surface area contributed by atoms with Gasteiger partial charge in [0.1, 0.15) is 0 Å². The van der Waals surface area contributed by atoms with E-state index in [1.54, 1.807) is 12.3 Å². The molecule has 0 aliphatic heterocycles. The summed E-state index contributed by atoms with van der Waals surface area (Å²) in [5, 5.41) is 11.6. The number of non-ortho nitro benzene ring substituents is 1. The van der Waals surface area contributed by atoms with Crippen molar-refractivity contribution in [2.75, 3.05) is 12.9 Å². The van der Waals surface area contributed by atoms with E-state index in [0.29, 0.717) is 11.1 Å². The molecule has 0 spiro atoms. The molecule has 0 aliphatic carbocycles. The zero-order valence-corrected chi connectivity index (χ0v) is 10.9. The molecule has 0 saturated heterocycles. The van der Waals surface area contributed by atoms with Gasteiger partial charge >= 0.3 is 0 Å². The maximum atomic E-state index is 10.9. The first-order valence-electron chi connectivity index (χ1n) is 5.45. The lowest BCUT2D eigenvalue weighted by Crippen LogP contribution is -2.06. The average Bonchev–Trinajstić information content (AvgIpc) is 2.74. The molecule has 102 valence electrons. The summed E-state index contributed by atoms with van der Waals surface area (Å²) in [6.07, 6.45) is 2.92. The van der Waals surface area contributed by atoms with Gasteiger partial charge in [-0.2, -0.15) is 8.42 Å². The molecule has 0 atom stereocenters. The Balaban J connectivity index is 2.30. The highest BCUT2D eigenvalue weighted by atomic mass is 32.2. The summed E-state index contributed by atoms with van der Waals surface area (Å²) < 4.78 is 26.4. The van der Waals surface area contributed by atoms with Gasteiger partial charge in [-0.3, -0.25) is 14.3 Å². The number of benzene rings is 1. The minimum atomic E-state index is -3.50. The molecule has 0 amide bonds. The van der Waals surface area contributed by atoms with Crippen LogP contribution in [0.1, 0.15) is 5.56 Å². The second-order valence-electron chi connectivity index (χ2n) is 4.08. The van der Waals surface area contributed by atoms with Gasteiger partial charge in [0.05, 0.1) is 23.3 Å². The number of hydrogen-bond acceptors (Lipinski definition) is 5. The Hall–Kier alpha value is -1.93. The van der Waals surface area contributed by atoms with Gasteiger partial charge in [0.2, 0.25) is 0 Å². The lowest BCUT2D eigenvalue weighted by Gasteiger charge is -2.04. The highest BCUT2D eigenvalue weighted by molar-refractivity contribution is 7.85. The molecule has 0 fully saturated rings. The van der Waals surface area contributed by atoms with Gasteiger partial charge in [-0.1, -0.05) is 0 Å². The quantitative estimate of drug-likeness (QED) is 0.510. The fourth-order valence-electron chi connectivity index (χ4n) is 1.84. The molecule has 7 nitrogen and oxygen atoms in total. The van der Waals surface area contributed by atoms with Crippen molar-refractivity contribution < 1.29 is 17.5 Å². The molecule has 19 heavy (non-hydrogen) atoms. The number of aromatic amines is 1. The number of fused-ring (bicyclic) bond motifs is 1. The van der Waals surface area contributed by atoms with E-state index in [0.717, 1.165) is 11.6 Å². The van der Waals surface area contributed by atoms with Crippen LogP contribution in [0, 0.1) is 10.1 Å². The molecule has 0 unspecified atom stereocenters. The summed E-state index contributed by atoms with van der Waals surface area (Å²) in [4.78, 5) is 13.2. The summed E-state index contributed by atoms with van der Waals surface area (Å²) in [6, 6.07) is 4.66. The molecule has 0 bridgehead atoms. The monoisotopic (exact) mass is 284 g/mol. The van der Waals surface area contributed by atoms with Crippen LogP contribution in [0.25, 0.3) is 10.9 Å². The zero-order valence-electron chi connectivity index (χ0n) is 10.1. The maximum absolute atomic E-state index is 10.9. The van der Waals surface area contributed by atoms with Gasteiger partial charge in [0, 0.05) is 23.7 Å². The number of H-pyrrole nitrogens is 1. The van der Waals surface area contributed by atoms with E-state index in [9.17, 15) is 18.5 Å². The molecule has 1 aromatic carbocycles. The van der Waals surface area contributed by atoms with Crippen LogP contribution in [-0.4, -0.2) is 31.2 Å². The highest BCUT2D eigenvalue weighted by Gasteiger charge is 2.13. The first kappa shape index (κ1) is 13.5. The lowest BCUT2D eigenvalue weighted by molar-refractivity contribution is -0.384. The Morgan fingerprint density at radius 1 is 1.42 bits per heavy atom. The van der Waals surface area contributed by atoms with Crippen LogP contribution in [0.5, 0.6) is 0 Å². The average molecular weight is 284 g/mol. The van der Waals surface area contributed by atoms with Crippen LogP contribution >= 0.6 is 0 Å². The van der Waals surface area contributed by atoms with Crippen molar-refractivity contribution in [1.29, 1.82) is 0 Å². The first-order valence-corrected chi connectivity index (χ1v) is 7.27. The van der Waals surface area contributed by atoms with Crippen molar-refractivity contribution in [1.82, 2.24) is 4.98 Å².